The minimum atomic E-state index is -0.354. The summed E-state index contributed by atoms with van der Waals surface area (Å²) in [6.45, 7) is 0.228. The Morgan fingerprint density at radius 3 is 2.58 bits per heavy atom. The van der Waals surface area contributed by atoms with Gasteiger partial charge in [0.25, 0.3) is 0 Å². The van der Waals surface area contributed by atoms with Gasteiger partial charge in [0, 0.05) is 35.2 Å². The Kier molecular flexibility index (Phi) is 7.48. The second-order valence-electron chi connectivity index (χ2n) is 5.52. The summed E-state index contributed by atoms with van der Waals surface area (Å²) < 4.78 is 13.8. The standard InChI is InChI=1S/C15H17ClFN5.2ClH/c16-11-2-1-3-12(17)10(11)7-20-14-6-13(21-15(19)22-14)8-4-9(18)5-8;;/h1-3,6,8-9H,4-5,7,18H2,(H3,19,20,21,22);2*1H. The third-order valence-corrected chi connectivity index (χ3v) is 4.22. The molecule has 0 radical (unpaired) electrons. The quantitative estimate of drug-likeness (QED) is 0.738. The van der Waals surface area contributed by atoms with E-state index in [1.165, 1.54) is 6.07 Å². The molecule has 5 nitrogen and oxygen atoms in total. The lowest BCUT2D eigenvalue weighted by Crippen LogP contribution is -2.35. The molecule has 1 heterocycles. The Bertz CT molecular complexity index is 675. The monoisotopic (exact) mass is 393 g/mol. The van der Waals surface area contributed by atoms with Crippen LogP contribution in [-0.4, -0.2) is 16.0 Å². The first-order chi connectivity index (χ1) is 10.5. The Balaban J connectivity index is 0.00000144. The van der Waals surface area contributed by atoms with Crippen molar-refractivity contribution in [1.82, 2.24) is 9.97 Å². The minimum absolute atomic E-state index is 0. The summed E-state index contributed by atoms with van der Waals surface area (Å²) in [4.78, 5) is 8.38. The number of nitrogens with zero attached hydrogens (tertiary/aromatic N) is 2. The molecule has 0 amide bonds. The van der Waals surface area contributed by atoms with Crippen molar-refractivity contribution in [3.8, 4) is 0 Å². The predicted octanol–water partition coefficient (Wildman–Crippen LogP) is 3.51. The van der Waals surface area contributed by atoms with Crippen molar-refractivity contribution in [3.05, 3.63) is 46.4 Å². The number of halogens is 4. The fourth-order valence-corrected chi connectivity index (χ4v) is 2.80. The molecule has 9 heteroatoms. The van der Waals surface area contributed by atoms with Gasteiger partial charge in [0.1, 0.15) is 11.6 Å². The summed E-state index contributed by atoms with van der Waals surface area (Å²) in [7, 11) is 0. The topological polar surface area (TPSA) is 89.8 Å². The molecule has 24 heavy (non-hydrogen) atoms. The van der Waals surface area contributed by atoms with E-state index in [0.29, 0.717) is 22.3 Å². The molecule has 3 rings (SSSR count). The zero-order valence-electron chi connectivity index (χ0n) is 12.7. The van der Waals surface area contributed by atoms with Crippen LogP contribution in [0.5, 0.6) is 0 Å². The molecule has 0 atom stereocenters. The lowest BCUT2D eigenvalue weighted by atomic mass is 9.78. The Morgan fingerprint density at radius 2 is 1.96 bits per heavy atom. The van der Waals surface area contributed by atoms with E-state index in [9.17, 15) is 4.39 Å². The molecule has 1 fully saturated rings. The largest absolute Gasteiger partial charge is 0.368 e. The Hall–Kier alpha value is -1.34. The van der Waals surface area contributed by atoms with Crippen molar-refractivity contribution < 1.29 is 4.39 Å². The number of anilines is 2. The van der Waals surface area contributed by atoms with Gasteiger partial charge in [-0.15, -0.1) is 24.8 Å². The van der Waals surface area contributed by atoms with Crippen LogP contribution in [0.15, 0.2) is 24.3 Å². The van der Waals surface area contributed by atoms with Crippen molar-refractivity contribution in [3.63, 3.8) is 0 Å². The minimum Gasteiger partial charge on any atom is -0.368 e. The molecule has 0 spiro atoms. The van der Waals surface area contributed by atoms with Crippen LogP contribution in [0, 0.1) is 5.82 Å². The first-order valence-corrected chi connectivity index (χ1v) is 7.47. The summed E-state index contributed by atoms with van der Waals surface area (Å²) >= 11 is 6.01. The third kappa shape index (κ3) is 4.60. The van der Waals surface area contributed by atoms with Crippen LogP contribution in [0.25, 0.3) is 0 Å². The van der Waals surface area contributed by atoms with Crippen molar-refractivity contribution >= 4 is 48.2 Å². The molecule has 1 saturated carbocycles. The van der Waals surface area contributed by atoms with Gasteiger partial charge in [-0.3, -0.25) is 0 Å². The van der Waals surface area contributed by atoms with Crippen LogP contribution >= 0.6 is 36.4 Å². The summed E-state index contributed by atoms with van der Waals surface area (Å²) in [5, 5.41) is 3.43. The highest BCUT2D eigenvalue weighted by Gasteiger charge is 2.29. The van der Waals surface area contributed by atoms with Gasteiger partial charge in [-0.2, -0.15) is 4.98 Å². The second-order valence-corrected chi connectivity index (χ2v) is 5.93. The highest BCUT2D eigenvalue weighted by molar-refractivity contribution is 6.31. The van der Waals surface area contributed by atoms with Crippen molar-refractivity contribution in [2.75, 3.05) is 11.1 Å². The summed E-state index contributed by atoms with van der Waals surface area (Å²) in [6, 6.07) is 6.66. The maximum absolute atomic E-state index is 13.8. The Labute approximate surface area is 157 Å². The molecule has 132 valence electrons. The van der Waals surface area contributed by atoms with Crippen molar-refractivity contribution in [2.45, 2.75) is 31.3 Å². The maximum Gasteiger partial charge on any atom is 0.222 e. The van der Waals surface area contributed by atoms with Gasteiger partial charge in [-0.25, -0.2) is 9.37 Å². The number of aromatic nitrogens is 2. The van der Waals surface area contributed by atoms with E-state index in [-0.39, 0.29) is 49.2 Å². The summed E-state index contributed by atoms with van der Waals surface area (Å²) in [5.74, 6) is 0.715. The van der Waals surface area contributed by atoms with Crippen LogP contribution < -0.4 is 16.8 Å². The van der Waals surface area contributed by atoms with E-state index in [4.69, 9.17) is 23.1 Å². The highest BCUT2D eigenvalue weighted by Crippen LogP contribution is 2.35. The normalized spacial score (nSPS) is 18.8. The first kappa shape index (κ1) is 20.7. The average molecular weight is 395 g/mol. The number of benzene rings is 1. The van der Waals surface area contributed by atoms with Crippen LogP contribution in [-0.2, 0) is 6.54 Å². The predicted molar refractivity (Wildman–Crippen MR) is 99.6 cm³/mol. The molecule has 0 bridgehead atoms. The lowest BCUT2D eigenvalue weighted by molar-refractivity contribution is 0.345. The van der Waals surface area contributed by atoms with Gasteiger partial charge in [-0.1, -0.05) is 17.7 Å². The fourth-order valence-electron chi connectivity index (χ4n) is 2.57. The molecule has 2 aromatic rings. The lowest BCUT2D eigenvalue weighted by Gasteiger charge is -2.32. The smallest absolute Gasteiger partial charge is 0.222 e. The number of nitrogens with one attached hydrogen (secondary N) is 1. The van der Waals surface area contributed by atoms with Gasteiger partial charge >= 0.3 is 0 Å². The fraction of sp³-hybridized carbons (Fsp3) is 0.333. The molecular weight excluding hydrogens is 376 g/mol. The van der Waals surface area contributed by atoms with E-state index < -0.39 is 0 Å². The molecule has 1 aliphatic carbocycles. The zero-order valence-corrected chi connectivity index (χ0v) is 15.1. The maximum atomic E-state index is 13.8. The van der Waals surface area contributed by atoms with E-state index >= 15 is 0 Å². The van der Waals surface area contributed by atoms with E-state index in [2.05, 4.69) is 15.3 Å². The number of hydrogen-bond acceptors (Lipinski definition) is 5. The number of nitrogen functional groups attached to an aromatic ring is 1. The molecule has 1 aromatic carbocycles. The average Bonchev–Trinajstić information content (AvgIpc) is 2.43. The SMILES string of the molecule is Cl.Cl.Nc1nc(NCc2c(F)cccc2Cl)cc(C2CC(N)C2)n1. The van der Waals surface area contributed by atoms with Crippen LogP contribution in [0.2, 0.25) is 5.02 Å². The van der Waals surface area contributed by atoms with Gasteiger partial charge in [-0.05, 0) is 25.0 Å². The van der Waals surface area contributed by atoms with E-state index in [1.54, 1.807) is 12.1 Å². The van der Waals surface area contributed by atoms with E-state index in [1.807, 2.05) is 6.07 Å². The highest BCUT2D eigenvalue weighted by atomic mass is 35.5. The Morgan fingerprint density at radius 1 is 1.25 bits per heavy atom. The van der Waals surface area contributed by atoms with Crippen LogP contribution in [0.3, 0.4) is 0 Å². The molecular formula is C15H19Cl3FN5. The zero-order chi connectivity index (χ0) is 15.7. The molecule has 1 aliphatic rings. The second kappa shape index (κ2) is 8.67. The van der Waals surface area contributed by atoms with Crippen LogP contribution in [0.1, 0.15) is 30.0 Å². The molecule has 5 N–H and O–H groups in total. The molecule has 1 aromatic heterocycles. The molecule has 0 aliphatic heterocycles. The van der Waals surface area contributed by atoms with Crippen molar-refractivity contribution in [1.29, 1.82) is 0 Å². The third-order valence-electron chi connectivity index (χ3n) is 3.86. The van der Waals surface area contributed by atoms with Crippen molar-refractivity contribution in [2.24, 2.45) is 5.73 Å². The summed E-state index contributed by atoms with van der Waals surface area (Å²) in [6.07, 6.45) is 1.80. The first-order valence-electron chi connectivity index (χ1n) is 7.09. The number of hydrogen-bond donors (Lipinski definition) is 3. The van der Waals surface area contributed by atoms with Crippen LogP contribution in [0.4, 0.5) is 16.2 Å². The molecule has 0 saturated heterocycles. The number of nitrogens with two attached hydrogens (primary N) is 2. The van der Waals surface area contributed by atoms with Gasteiger partial charge in [0.2, 0.25) is 5.95 Å². The van der Waals surface area contributed by atoms with Gasteiger partial charge in [0.05, 0.1) is 5.69 Å². The van der Waals surface area contributed by atoms with E-state index in [0.717, 1.165) is 18.5 Å². The molecule has 0 unspecified atom stereocenters. The summed E-state index contributed by atoms with van der Waals surface area (Å²) in [5.41, 5.74) is 12.8. The number of rotatable bonds is 4. The van der Waals surface area contributed by atoms with Gasteiger partial charge in [0.15, 0.2) is 0 Å². The van der Waals surface area contributed by atoms with Gasteiger partial charge < -0.3 is 16.8 Å².